The Morgan fingerprint density at radius 3 is 2.45 bits per heavy atom. The molecule has 20 heavy (non-hydrogen) atoms. The molecule has 0 fully saturated rings. The Morgan fingerprint density at radius 1 is 1.40 bits per heavy atom. The van der Waals surface area contributed by atoms with Gasteiger partial charge in [0.2, 0.25) is 0 Å². The number of rotatable bonds is 7. The molecule has 116 valence electrons. The van der Waals surface area contributed by atoms with Crippen LogP contribution in [0.5, 0.6) is 0 Å². The van der Waals surface area contributed by atoms with Crippen molar-refractivity contribution in [2.75, 3.05) is 12.8 Å². The van der Waals surface area contributed by atoms with Crippen LogP contribution in [0.15, 0.2) is 10.7 Å². The van der Waals surface area contributed by atoms with E-state index in [4.69, 9.17) is 0 Å². The fourth-order valence-corrected chi connectivity index (χ4v) is 3.32. The first-order valence-electron chi connectivity index (χ1n) is 6.85. The number of halogens is 1. The highest BCUT2D eigenvalue weighted by molar-refractivity contribution is 9.10. The Labute approximate surface area is 130 Å². The van der Waals surface area contributed by atoms with E-state index < -0.39 is 15.1 Å². The standard InChI is InChI=1S/C13H24BrN3O2S/c1-6-7-15-12(10(4)20(5,18)19)13-11(14)8-16-17(13)9(2)3/h8-10,12,15H,6-7H2,1-5H3. The summed E-state index contributed by atoms with van der Waals surface area (Å²) < 4.78 is 26.6. The number of sulfone groups is 1. The van der Waals surface area contributed by atoms with Gasteiger partial charge in [-0.15, -0.1) is 0 Å². The molecular weight excluding hydrogens is 342 g/mol. The molecule has 0 bridgehead atoms. The molecule has 0 aromatic carbocycles. The normalized spacial score (nSPS) is 15.6. The Kier molecular flexibility index (Phi) is 6.22. The molecule has 5 nitrogen and oxygen atoms in total. The molecule has 1 heterocycles. The minimum Gasteiger partial charge on any atom is -0.308 e. The van der Waals surface area contributed by atoms with Gasteiger partial charge >= 0.3 is 0 Å². The van der Waals surface area contributed by atoms with Gasteiger partial charge in [0.1, 0.15) is 0 Å². The predicted molar refractivity (Wildman–Crippen MR) is 85.7 cm³/mol. The van der Waals surface area contributed by atoms with Crippen molar-refractivity contribution in [3.8, 4) is 0 Å². The highest BCUT2D eigenvalue weighted by atomic mass is 79.9. The van der Waals surface area contributed by atoms with E-state index in [-0.39, 0.29) is 12.1 Å². The van der Waals surface area contributed by atoms with Gasteiger partial charge in [0.05, 0.1) is 27.7 Å². The molecule has 1 aromatic heterocycles. The van der Waals surface area contributed by atoms with Gasteiger partial charge < -0.3 is 5.32 Å². The maximum atomic E-state index is 11.9. The summed E-state index contributed by atoms with van der Waals surface area (Å²) in [5, 5.41) is 7.17. The van der Waals surface area contributed by atoms with E-state index in [0.29, 0.717) is 0 Å². The maximum Gasteiger partial charge on any atom is 0.151 e. The van der Waals surface area contributed by atoms with Crippen LogP contribution in [0.2, 0.25) is 0 Å². The SMILES string of the molecule is CCCNC(c1c(Br)cnn1C(C)C)C(C)S(C)(=O)=O. The Hall–Kier alpha value is -0.400. The van der Waals surface area contributed by atoms with Gasteiger partial charge in [-0.25, -0.2) is 8.42 Å². The van der Waals surface area contributed by atoms with Crippen LogP contribution in [0.4, 0.5) is 0 Å². The molecule has 2 atom stereocenters. The van der Waals surface area contributed by atoms with Crippen molar-refractivity contribution in [3.63, 3.8) is 0 Å². The minimum atomic E-state index is -3.14. The van der Waals surface area contributed by atoms with Gasteiger partial charge in [0, 0.05) is 12.3 Å². The smallest absolute Gasteiger partial charge is 0.151 e. The Bertz CT molecular complexity index is 540. The fourth-order valence-electron chi connectivity index (χ4n) is 2.09. The summed E-state index contributed by atoms with van der Waals surface area (Å²) in [4.78, 5) is 0. The average molecular weight is 366 g/mol. The lowest BCUT2D eigenvalue weighted by atomic mass is 10.1. The van der Waals surface area contributed by atoms with Crippen LogP contribution < -0.4 is 5.32 Å². The largest absolute Gasteiger partial charge is 0.308 e. The monoisotopic (exact) mass is 365 g/mol. The highest BCUT2D eigenvalue weighted by Gasteiger charge is 2.31. The Morgan fingerprint density at radius 2 is 2.00 bits per heavy atom. The van der Waals surface area contributed by atoms with Crippen molar-refractivity contribution in [1.82, 2.24) is 15.1 Å². The molecule has 0 spiro atoms. The van der Waals surface area contributed by atoms with Crippen LogP contribution in [0.25, 0.3) is 0 Å². The first-order valence-corrected chi connectivity index (χ1v) is 9.60. The number of hydrogen-bond acceptors (Lipinski definition) is 4. The van der Waals surface area contributed by atoms with Crippen LogP contribution in [0.3, 0.4) is 0 Å². The van der Waals surface area contributed by atoms with Crippen molar-refractivity contribution in [2.45, 2.75) is 51.4 Å². The zero-order chi connectivity index (χ0) is 15.5. The van der Waals surface area contributed by atoms with Gasteiger partial charge in [-0.1, -0.05) is 6.92 Å². The molecule has 0 saturated carbocycles. The van der Waals surface area contributed by atoms with E-state index in [1.54, 1.807) is 13.1 Å². The van der Waals surface area contributed by atoms with Gasteiger partial charge in [-0.05, 0) is 49.7 Å². The molecule has 0 radical (unpaired) electrons. The summed E-state index contributed by atoms with van der Waals surface area (Å²) >= 11 is 3.49. The second-order valence-corrected chi connectivity index (χ2v) is 8.64. The Balaban J connectivity index is 3.27. The van der Waals surface area contributed by atoms with Crippen LogP contribution >= 0.6 is 15.9 Å². The topological polar surface area (TPSA) is 64.0 Å². The third-order valence-corrected chi connectivity index (χ3v) is 5.56. The second-order valence-electron chi connectivity index (χ2n) is 5.38. The van der Waals surface area contributed by atoms with E-state index >= 15 is 0 Å². The fraction of sp³-hybridized carbons (Fsp3) is 0.769. The van der Waals surface area contributed by atoms with Crippen LogP contribution in [0, 0.1) is 0 Å². The van der Waals surface area contributed by atoms with Gasteiger partial charge in [-0.3, -0.25) is 4.68 Å². The maximum absolute atomic E-state index is 11.9. The van der Waals surface area contributed by atoms with Crippen LogP contribution in [0.1, 0.15) is 51.9 Å². The zero-order valence-electron chi connectivity index (χ0n) is 12.7. The molecule has 1 rings (SSSR count). The summed E-state index contributed by atoms with van der Waals surface area (Å²) in [6, 6.07) is -0.0989. The number of nitrogens with zero attached hydrogens (tertiary/aromatic N) is 2. The zero-order valence-corrected chi connectivity index (χ0v) is 15.1. The summed E-state index contributed by atoms with van der Waals surface area (Å²) in [7, 11) is -3.14. The molecular formula is C13H24BrN3O2S. The molecule has 0 aliphatic heterocycles. The lowest BCUT2D eigenvalue weighted by Crippen LogP contribution is -2.37. The van der Waals surface area contributed by atoms with Gasteiger partial charge in [-0.2, -0.15) is 5.10 Å². The summed E-state index contributed by atoms with van der Waals surface area (Å²) in [6.45, 7) is 8.63. The van der Waals surface area contributed by atoms with Crippen molar-refractivity contribution >= 4 is 25.8 Å². The second kappa shape index (κ2) is 7.04. The van der Waals surface area contributed by atoms with Gasteiger partial charge in [0.25, 0.3) is 0 Å². The molecule has 0 amide bonds. The van der Waals surface area contributed by atoms with Crippen LogP contribution in [-0.4, -0.2) is 36.2 Å². The van der Waals surface area contributed by atoms with E-state index in [9.17, 15) is 8.42 Å². The summed E-state index contributed by atoms with van der Waals surface area (Å²) in [5.74, 6) is 0. The molecule has 1 aromatic rings. The van der Waals surface area contributed by atoms with Gasteiger partial charge in [0.15, 0.2) is 9.84 Å². The lowest BCUT2D eigenvalue weighted by Gasteiger charge is -2.26. The highest BCUT2D eigenvalue weighted by Crippen LogP contribution is 2.30. The molecule has 7 heteroatoms. The molecule has 2 unspecified atom stereocenters. The van der Waals surface area contributed by atoms with E-state index in [2.05, 4.69) is 33.3 Å². The van der Waals surface area contributed by atoms with Crippen molar-refractivity contribution < 1.29 is 8.42 Å². The molecule has 1 N–H and O–H groups in total. The lowest BCUT2D eigenvalue weighted by molar-refractivity contribution is 0.432. The van der Waals surface area contributed by atoms with E-state index in [1.807, 2.05) is 18.5 Å². The number of nitrogens with one attached hydrogen (secondary N) is 1. The predicted octanol–water partition coefficient (Wildman–Crippen LogP) is 2.70. The van der Waals surface area contributed by atoms with Crippen LogP contribution in [-0.2, 0) is 9.84 Å². The van der Waals surface area contributed by atoms with Crippen molar-refractivity contribution in [3.05, 3.63) is 16.4 Å². The van der Waals surface area contributed by atoms with E-state index in [0.717, 1.165) is 23.1 Å². The quantitative estimate of drug-likeness (QED) is 0.806. The van der Waals surface area contributed by atoms with Crippen molar-refractivity contribution in [1.29, 1.82) is 0 Å². The molecule has 0 aliphatic carbocycles. The third kappa shape index (κ3) is 4.05. The minimum absolute atomic E-state index is 0.175. The number of aromatic nitrogens is 2. The van der Waals surface area contributed by atoms with Crippen molar-refractivity contribution in [2.24, 2.45) is 0 Å². The molecule has 0 aliphatic rings. The summed E-state index contributed by atoms with van der Waals surface area (Å²) in [6.07, 6.45) is 3.95. The third-order valence-electron chi connectivity index (χ3n) is 3.33. The van der Waals surface area contributed by atoms with E-state index in [1.165, 1.54) is 6.26 Å². The first-order chi connectivity index (χ1) is 9.20. The molecule has 0 saturated heterocycles. The first kappa shape index (κ1) is 17.7. The average Bonchev–Trinajstić information content (AvgIpc) is 2.71. The number of hydrogen-bond donors (Lipinski definition) is 1. The summed E-state index contributed by atoms with van der Waals surface area (Å²) in [5.41, 5.74) is 0.895.